The summed E-state index contributed by atoms with van der Waals surface area (Å²) < 4.78 is 5.72. The summed E-state index contributed by atoms with van der Waals surface area (Å²) in [6.45, 7) is 2.89. The molecule has 0 saturated carbocycles. The first-order chi connectivity index (χ1) is 6.13. The van der Waals surface area contributed by atoms with Crippen molar-refractivity contribution in [3.63, 3.8) is 0 Å². The molecule has 1 aliphatic rings. The number of aliphatic hydroxyl groups is 1. The van der Waals surface area contributed by atoms with Gasteiger partial charge in [-0.2, -0.15) is 0 Å². The van der Waals surface area contributed by atoms with Gasteiger partial charge in [-0.05, 0) is 13.3 Å². The molecule has 1 fully saturated rings. The molecule has 1 rings (SSSR count). The van der Waals surface area contributed by atoms with Gasteiger partial charge in [0.2, 0.25) is 5.91 Å². The van der Waals surface area contributed by atoms with Gasteiger partial charge < -0.3 is 14.7 Å². The van der Waals surface area contributed by atoms with Crippen molar-refractivity contribution in [1.29, 1.82) is 0 Å². The van der Waals surface area contributed by atoms with Crippen molar-refractivity contribution in [3.8, 4) is 0 Å². The van der Waals surface area contributed by atoms with Gasteiger partial charge in [-0.3, -0.25) is 4.79 Å². The Hall–Kier alpha value is 0.120. The highest BCUT2D eigenvalue weighted by molar-refractivity contribution is 14.1. The van der Waals surface area contributed by atoms with Gasteiger partial charge in [0.1, 0.15) is 10.7 Å². The number of hydrogen-bond donors (Lipinski definition) is 1. The Labute approximate surface area is 91.4 Å². The molecule has 76 valence electrons. The molecular weight excluding hydrogens is 285 g/mol. The summed E-state index contributed by atoms with van der Waals surface area (Å²) in [5.41, 5.74) is 0. The molecular formula is C8H14INO3. The van der Waals surface area contributed by atoms with E-state index in [9.17, 15) is 4.79 Å². The second kappa shape index (κ2) is 5.11. The Morgan fingerprint density at radius 1 is 1.85 bits per heavy atom. The largest absolute Gasteiger partial charge is 0.387 e. The third-order valence-corrected chi connectivity index (χ3v) is 2.31. The van der Waals surface area contributed by atoms with Gasteiger partial charge in [-0.15, -0.1) is 0 Å². The van der Waals surface area contributed by atoms with Crippen LogP contribution in [0.2, 0.25) is 0 Å². The highest BCUT2D eigenvalue weighted by Gasteiger charge is 2.26. The van der Waals surface area contributed by atoms with Crippen molar-refractivity contribution in [1.82, 2.24) is 4.90 Å². The number of rotatable bonds is 3. The van der Waals surface area contributed by atoms with Crippen LogP contribution in [0.15, 0.2) is 0 Å². The molecule has 4 nitrogen and oxygen atoms in total. The SMILES string of the molecule is CC(I)O[C@H]1CCN(C(=O)CO)C1. The van der Waals surface area contributed by atoms with E-state index in [4.69, 9.17) is 9.84 Å². The minimum absolute atomic E-state index is 0.141. The predicted octanol–water partition coefficient (Wildman–Crippen LogP) is 0.377. The fraction of sp³-hybridized carbons (Fsp3) is 0.875. The van der Waals surface area contributed by atoms with E-state index in [1.165, 1.54) is 0 Å². The maximum atomic E-state index is 11.1. The van der Waals surface area contributed by atoms with Crippen molar-refractivity contribution in [3.05, 3.63) is 0 Å². The summed E-state index contributed by atoms with van der Waals surface area (Å²) in [6.07, 6.45) is 1.02. The average molecular weight is 299 g/mol. The summed E-state index contributed by atoms with van der Waals surface area (Å²) in [6, 6.07) is 0. The van der Waals surface area contributed by atoms with Gasteiger partial charge in [0, 0.05) is 13.1 Å². The molecule has 13 heavy (non-hydrogen) atoms. The first-order valence-corrected chi connectivity index (χ1v) is 5.56. The van der Waals surface area contributed by atoms with Crippen molar-refractivity contribution < 1.29 is 14.6 Å². The van der Waals surface area contributed by atoms with Crippen LogP contribution in [0, 0.1) is 0 Å². The lowest BCUT2D eigenvalue weighted by Gasteiger charge is -2.16. The number of amides is 1. The van der Waals surface area contributed by atoms with Crippen LogP contribution in [0.25, 0.3) is 0 Å². The second-order valence-corrected chi connectivity index (χ2v) is 4.84. The van der Waals surface area contributed by atoms with Crippen LogP contribution in [-0.2, 0) is 9.53 Å². The molecule has 0 bridgehead atoms. The number of carbonyl (C=O) groups excluding carboxylic acids is 1. The van der Waals surface area contributed by atoms with Crippen molar-refractivity contribution >= 4 is 28.5 Å². The van der Waals surface area contributed by atoms with Crippen LogP contribution in [-0.4, -0.2) is 45.8 Å². The number of aliphatic hydroxyl groups excluding tert-OH is 1. The Kier molecular flexibility index (Phi) is 4.40. The van der Waals surface area contributed by atoms with Crippen LogP contribution in [0.5, 0.6) is 0 Å². The third kappa shape index (κ3) is 3.40. The summed E-state index contributed by atoms with van der Waals surface area (Å²) in [7, 11) is 0. The van der Waals surface area contributed by atoms with Crippen molar-refractivity contribution in [2.24, 2.45) is 0 Å². The van der Waals surface area contributed by atoms with Gasteiger partial charge in [0.25, 0.3) is 0 Å². The van der Waals surface area contributed by atoms with Crippen molar-refractivity contribution in [2.45, 2.75) is 23.6 Å². The van der Waals surface area contributed by atoms with Crippen LogP contribution in [0.4, 0.5) is 0 Å². The summed E-state index contributed by atoms with van der Waals surface area (Å²) in [5, 5.41) is 8.63. The zero-order valence-electron chi connectivity index (χ0n) is 7.57. The third-order valence-electron chi connectivity index (χ3n) is 2.01. The minimum atomic E-state index is -0.396. The molecule has 1 N–H and O–H groups in total. The Morgan fingerprint density at radius 2 is 2.54 bits per heavy atom. The number of carbonyl (C=O) groups is 1. The Morgan fingerprint density at radius 3 is 3.08 bits per heavy atom. The molecule has 5 heteroatoms. The smallest absolute Gasteiger partial charge is 0.248 e. The maximum Gasteiger partial charge on any atom is 0.248 e. The number of hydrogen-bond acceptors (Lipinski definition) is 3. The minimum Gasteiger partial charge on any atom is -0.387 e. The normalized spacial score (nSPS) is 24.8. The quantitative estimate of drug-likeness (QED) is 0.605. The number of halogens is 1. The van der Waals surface area contributed by atoms with E-state index >= 15 is 0 Å². The molecule has 0 aromatic carbocycles. The number of alkyl halides is 1. The number of ether oxygens (including phenoxy) is 1. The fourth-order valence-corrected chi connectivity index (χ4v) is 1.85. The zero-order chi connectivity index (χ0) is 9.84. The average Bonchev–Trinajstić information content (AvgIpc) is 2.50. The van der Waals surface area contributed by atoms with E-state index in [0.29, 0.717) is 13.1 Å². The van der Waals surface area contributed by atoms with Gasteiger partial charge in [-0.25, -0.2) is 0 Å². The topological polar surface area (TPSA) is 49.8 Å². The number of nitrogens with zero attached hydrogens (tertiary/aromatic N) is 1. The summed E-state index contributed by atoms with van der Waals surface area (Å²) in [5.74, 6) is -0.202. The van der Waals surface area contributed by atoms with Gasteiger partial charge in [0.15, 0.2) is 0 Å². The predicted molar refractivity (Wildman–Crippen MR) is 56.6 cm³/mol. The van der Waals surface area contributed by atoms with Crippen LogP contribution < -0.4 is 0 Å². The van der Waals surface area contributed by atoms with E-state index in [0.717, 1.165) is 6.42 Å². The van der Waals surface area contributed by atoms with Crippen LogP contribution in [0.3, 0.4) is 0 Å². The molecule has 0 aromatic heterocycles. The molecule has 0 radical (unpaired) electrons. The maximum absolute atomic E-state index is 11.1. The summed E-state index contributed by atoms with van der Waals surface area (Å²) in [4.78, 5) is 12.7. The lowest BCUT2D eigenvalue weighted by molar-refractivity contribution is -0.133. The molecule has 1 amide bonds. The molecule has 0 aromatic rings. The van der Waals surface area contributed by atoms with E-state index in [-0.39, 0.29) is 16.1 Å². The second-order valence-electron chi connectivity index (χ2n) is 3.09. The molecule has 1 heterocycles. The summed E-state index contributed by atoms with van der Waals surface area (Å²) >= 11 is 2.19. The van der Waals surface area contributed by atoms with E-state index in [1.807, 2.05) is 6.92 Å². The van der Waals surface area contributed by atoms with Gasteiger partial charge in [-0.1, -0.05) is 22.6 Å². The monoisotopic (exact) mass is 299 g/mol. The Bertz CT molecular complexity index is 186. The van der Waals surface area contributed by atoms with E-state index < -0.39 is 6.61 Å². The molecule has 1 saturated heterocycles. The van der Waals surface area contributed by atoms with Crippen LogP contribution >= 0.6 is 22.6 Å². The molecule has 2 atom stereocenters. The molecule has 1 unspecified atom stereocenters. The highest BCUT2D eigenvalue weighted by atomic mass is 127. The van der Waals surface area contributed by atoms with Crippen LogP contribution in [0.1, 0.15) is 13.3 Å². The van der Waals surface area contributed by atoms with E-state index in [1.54, 1.807) is 4.90 Å². The van der Waals surface area contributed by atoms with Gasteiger partial charge >= 0.3 is 0 Å². The van der Waals surface area contributed by atoms with Crippen molar-refractivity contribution in [2.75, 3.05) is 19.7 Å². The fourth-order valence-electron chi connectivity index (χ4n) is 1.43. The van der Waals surface area contributed by atoms with E-state index in [2.05, 4.69) is 22.6 Å². The van der Waals surface area contributed by atoms with Gasteiger partial charge in [0.05, 0.1) is 6.10 Å². The first kappa shape index (κ1) is 11.2. The standard InChI is InChI=1S/C8H14INO3/c1-6(9)13-7-2-3-10(4-7)8(12)5-11/h6-7,11H,2-5H2,1H3/t6?,7-/m0/s1. The molecule has 1 aliphatic heterocycles. The lowest BCUT2D eigenvalue weighted by Crippen LogP contribution is -2.32. The molecule has 0 spiro atoms. The first-order valence-electron chi connectivity index (χ1n) is 4.31. The zero-order valence-corrected chi connectivity index (χ0v) is 9.73. The highest BCUT2D eigenvalue weighted by Crippen LogP contribution is 2.16. The molecule has 0 aliphatic carbocycles. The Balaban J connectivity index is 2.32. The number of likely N-dealkylation sites (tertiary alicyclic amines) is 1. The lowest BCUT2D eigenvalue weighted by atomic mass is 10.3.